The number of piperidine rings is 1. The first-order chi connectivity index (χ1) is 5.61. The van der Waals surface area contributed by atoms with Gasteiger partial charge in [0.25, 0.3) is 0 Å². The lowest BCUT2D eigenvalue weighted by Gasteiger charge is -2.23. The topological polar surface area (TPSA) is 66.4 Å². The molecule has 1 aliphatic heterocycles. The summed E-state index contributed by atoms with van der Waals surface area (Å²) < 4.78 is 12.8. The molecular formula is C7H10FNO3. The maximum atomic E-state index is 12.8. The highest BCUT2D eigenvalue weighted by Gasteiger charge is 2.31. The summed E-state index contributed by atoms with van der Waals surface area (Å²) >= 11 is 0. The van der Waals surface area contributed by atoms with Crippen LogP contribution in [0.15, 0.2) is 0 Å². The maximum absolute atomic E-state index is 12.8. The number of halogens is 1. The quantitative estimate of drug-likeness (QED) is 0.624. The van der Waals surface area contributed by atoms with E-state index >= 15 is 0 Å². The zero-order valence-electron chi connectivity index (χ0n) is 6.42. The summed E-state index contributed by atoms with van der Waals surface area (Å²) in [5.41, 5.74) is 0. The molecule has 4 nitrogen and oxygen atoms in total. The van der Waals surface area contributed by atoms with Crippen LogP contribution in [0.4, 0.5) is 4.39 Å². The molecule has 1 fully saturated rings. The molecule has 1 heterocycles. The van der Waals surface area contributed by atoms with Crippen molar-refractivity contribution in [2.45, 2.75) is 31.5 Å². The van der Waals surface area contributed by atoms with Crippen molar-refractivity contribution < 1.29 is 19.1 Å². The van der Waals surface area contributed by atoms with Crippen LogP contribution in [-0.4, -0.2) is 29.2 Å². The number of hydrogen-bond donors (Lipinski definition) is 2. The molecule has 68 valence electrons. The summed E-state index contributed by atoms with van der Waals surface area (Å²) in [6.07, 6.45) is -0.652. The number of amides is 1. The second kappa shape index (κ2) is 3.51. The molecule has 5 heteroatoms. The van der Waals surface area contributed by atoms with Crippen LogP contribution < -0.4 is 5.32 Å². The van der Waals surface area contributed by atoms with E-state index in [0.29, 0.717) is 19.3 Å². The van der Waals surface area contributed by atoms with Crippen molar-refractivity contribution in [3.8, 4) is 0 Å². The summed E-state index contributed by atoms with van der Waals surface area (Å²) in [6, 6.07) is -0.844. The van der Waals surface area contributed by atoms with Gasteiger partial charge in [-0.2, -0.15) is 0 Å². The third kappa shape index (κ3) is 1.93. The van der Waals surface area contributed by atoms with Crippen LogP contribution in [-0.2, 0) is 9.59 Å². The number of rotatable bonds is 2. The maximum Gasteiger partial charge on any atom is 0.340 e. The van der Waals surface area contributed by atoms with Crippen LogP contribution in [0.1, 0.15) is 19.3 Å². The van der Waals surface area contributed by atoms with Crippen molar-refractivity contribution in [1.82, 2.24) is 5.32 Å². The summed E-state index contributed by atoms with van der Waals surface area (Å²) in [5.74, 6) is -1.78. The van der Waals surface area contributed by atoms with Crippen molar-refractivity contribution in [2.24, 2.45) is 0 Å². The number of carbonyl (C=O) groups excluding carboxylic acids is 1. The molecule has 0 bridgehead atoms. The van der Waals surface area contributed by atoms with Gasteiger partial charge in [-0.25, -0.2) is 9.18 Å². The minimum absolute atomic E-state index is 0.268. The molecule has 0 spiro atoms. The summed E-state index contributed by atoms with van der Waals surface area (Å²) in [6.45, 7) is 0. The molecule has 1 saturated heterocycles. The highest BCUT2D eigenvalue weighted by molar-refractivity contribution is 5.79. The number of alkyl halides is 1. The molecule has 0 radical (unpaired) electrons. The van der Waals surface area contributed by atoms with Crippen molar-refractivity contribution in [1.29, 1.82) is 0 Å². The molecule has 2 N–H and O–H groups in total. The minimum atomic E-state index is -1.98. The zero-order valence-corrected chi connectivity index (χ0v) is 6.42. The molecule has 1 amide bonds. The Bertz CT molecular complexity index is 205. The van der Waals surface area contributed by atoms with Crippen molar-refractivity contribution in [2.75, 3.05) is 0 Å². The monoisotopic (exact) mass is 175 g/mol. The molecule has 1 rings (SSSR count). The van der Waals surface area contributed by atoms with Crippen molar-refractivity contribution >= 4 is 11.9 Å². The van der Waals surface area contributed by atoms with E-state index in [4.69, 9.17) is 5.11 Å². The molecule has 0 aliphatic carbocycles. The SMILES string of the molecule is O=C1CCCC(C(F)C(=O)O)N1. The lowest BCUT2D eigenvalue weighted by atomic mass is 10.0. The van der Waals surface area contributed by atoms with Crippen molar-refractivity contribution in [3.63, 3.8) is 0 Å². The first-order valence-corrected chi connectivity index (χ1v) is 3.77. The Morgan fingerprint density at radius 3 is 2.92 bits per heavy atom. The summed E-state index contributed by atoms with van der Waals surface area (Å²) in [4.78, 5) is 20.9. The van der Waals surface area contributed by atoms with E-state index in [-0.39, 0.29) is 5.91 Å². The third-order valence-corrected chi connectivity index (χ3v) is 1.85. The lowest BCUT2D eigenvalue weighted by Crippen LogP contribution is -2.47. The molecule has 0 saturated carbocycles. The van der Waals surface area contributed by atoms with E-state index in [1.165, 1.54) is 0 Å². The second-order valence-electron chi connectivity index (χ2n) is 2.81. The highest BCUT2D eigenvalue weighted by atomic mass is 19.1. The average Bonchev–Trinajstić information content (AvgIpc) is 2.03. The minimum Gasteiger partial charge on any atom is -0.479 e. The van der Waals surface area contributed by atoms with Crippen LogP contribution in [0.2, 0.25) is 0 Å². The van der Waals surface area contributed by atoms with Crippen LogP contribution in [0.25, 0.3) is 0 Å². The van der Waals surface area contributed by atoms with Crippen molar-refractivity contribution in [3.05, 3.63) is 0 Å². The zero-order chi connectivity index (χ0) is 9.14. The Kier molecular flexibility index (Phi) is 2.62. The van der Waals surface area contributed by atoms with E-state index < -0.39 is 18.2 Å². The number of hydrogen-bond acceptors (Lipinski definition) is 2. The first kappa shape index (κ1) is 8.96. The molecule has 2 atom stereocenters. The fourth-order valence-corrected chi connectivity index (χ4v) is 1.23. The predicted octanol–water partition coefficient (Wildman–Crippen LogP) is 0.0778. The van der Waals surface area contributed by atoms with Crippen LogP contribution in [0, 0.1) is 0 Å². The fourth-order valence-electron chi connectivity index (χ4n) is 1.23. The van der Waals surface area contributed by atoms with Gasteiger partial charge in [-0.1, -0.05) is 0 Å². The van der Waals surface area contributed by atoms with E-state index in [1.54, 1.807) is 0 Å². The smallest absolute Gasteiger partial charge is 0.340 e. The number of aliphatic carboxylic acids is 1. The Morgan fingerprint density at radius 1 is 1.75 bits per heavy atom. The van der Waals surface area contributed by atoms with Crippen LogP contribution in [0.5, 0.6) is 0 Å². The number of nitrogens with one attached hydrogen (secondary N) is 1. The Balaban J connectivity index is 2.51. The normalized spacial score (nSPS) is 26.1. The largest absolute Gasteiger partial charge is 0.479 e. The Hall–Kier alpha value is -1.13. The van der Waals surface area contributed by atoms with Gasteiger partial charge in [0.2, 0.25) is 12.1 Å². The Labute approximate surface area is 68.8 Å². The van der Waals surface area contributed by atoms with E-state index in [2.05, 4.69) is 5.32 Å². The molecule has 2 unspecified atom stereocenters. The molecule has 1 aliphatic rings. The van der Waals surface area contributed by atoms with Gasteiger partial charge in [0.15, 0.2) is 0 Å². The summed E-state index contributed by atoms with van der Waals surface area (Å²) in [5, 5.41) is 10.6. The van der Waals surface area contributed by atoms with Gasteiger partial charge < -0.3 is 10.4 Å². The molecular weight excluding hydrogens is 165 g/mol. The highest BCUT2D eigenvalue weighted by Crippen LogP contribution is 2.13. The lowest BCUT2D eigenvalue weighted by molar-refractivity contribution is -0.144. The fraction of sp³-hybridized carbons (Fsp3) is 0.714. The molecule has 12 heavy (non-hydrogen) atoms. The number of carboxylic acids is 1. The average molecular weight is 175 g/mol. The van der Waals surface area contributed by atoms with Gasteiger partial charge in [0.05, 0.1) is 6.04 Å². The molecule has 0 aromatic rings. The van der Waals surface area contributed by atoms with E-state index in [9.17, 15) is 14.0 Å². The van der Waals surface area contributed by atoms with E-state index in [1.807, 2.05) is 0 Å². The van der Waals surface area contributed by atoms with Gasteiger partial charge in [0.1, 0.15) is 0 Å². The number of carbonyl (C=O) groups is 2. The van der Waals surface area contributed by atoms with Gasteiger partial charge in [-0.3, -0.25) is 4.79 Å². The van der Waals surface area contributed by atoms with Gasteiger partial charge in [-0.05, 0) is 12.8 Å². The number of carboxylic acid groups (broad SMARTS) is 1. The van der Waals surface area contributed by atoms with Gasteiger partial charge in [-0.15, -0.1) is 0 Å². The Morgan fingerprint density at radius 2 is 2.42 bits per heavy atom. The summed E-state index contributed by atoms with van der Waals surface area (Å²) in [7, 11) is 0. The third-order valence-electron chi connectivity index (χ3n) is 1.85. The standard InChI is InChI=1S/C7H10FNO3/c8-6(7(11)12)4-2-1-3-5(10)9-4/h4,6H,1-3H2,(H,9,10)(H,11,12). The molecule has 0 aromatic heterocycles. The van der Waals surface area contributed by atoms with E-state index in [0.717, 1.165) is 0 Å². The van der Waals surface area contributed by atoms with Crippen LogP contribution in [0.3, 0.4) is 0 Å². The van der Waals surface area contributed by atoms with Gasteiger partial charge >= 0.3 is 5.97 Å². The first-order valence-electron chi connectivity index (χ1n) is 3.77. The molecule has 0 aromatic carbocycles. The second-order valence-corrected chi connectivity index (χ2v) is 2.81. The predicted molar refractivity (Wildman–Crippen MR) is 38.3 cm³/mol. The van der Waals surface area contributed by atoms with Crippen LogP contribution >= 0.6 is 0 Å². The van der Waals surface area contributed by atoms with Gasteiger partial charge in [0, 0.05) is 6.42 Å².